The van der Waals surface area contributed by atoms with E-state index in [0.29, 0.717) is 0 Å². The lowest BCUT2D eigenvalue weighted by Crippen LogP contribution is -2.28. The first kappa shape index (κ1) is 12.3. The molecule has 3 nitrogen and oxygen atoms in total. The molecule has 0 fully saturated rings. The summed E-state index contributed by atoms with van der Waals surface area (Å²) in [6.45, 7) is -0.317. The van der Waals surface area contributed by atoms with Crippen LogP contribution in [0, 0.1) is 15.2 Å². The van der Waals surface area contributed by atoms with Gasteiger partial charge in [0, 0.05) is 10.1 Å². The number of halogens is 3. The van der Waals surface area contributed by atoms with Gasteiger partial charge < -0.3 is 10.4 Å². The molecule has 1 aromatic carbocycles. The monoisotopic (exact) mass is 327 g/mol. The smallest absolute Gasteiger partial charge is 0.257 e. The molecular weight excluding hydrogens is 319 g/mol. The topological polar surface area (TPSA) is 49.3 Å². The molecular formula is C9H8F2INO2. The fourth-order valence-electron chi connectivity index (χ4n) is 0.993. The van der Waals surface area contributed by atoms with Crippen molar-refractivity contribution < 1.29 is 18.7 Å². The van der Waals surface area contributed by atoms with Gasteiger partial charge in [-0.1, -0.05) is 0 Å². The van der Waals surface area contributed by atoms with Gasteiger partial charge in [-0.25, -0.2) is 8.78 Å². The van der Waals surface area contributed by atoms with Crippen LogP contribution in [0.4, 0.5) is 8.78 Å². The van der Waals surface area contributed by atoms with Crippen molar-refractivity contribution in [3.8, 4) is 0 Å². The number of benzene rings is 1. The Hall–Kier alpha value is -0.760. The zero-order chi connectivity index (χ0) is 11.4. The number of hydrogen-bond donors (Lipinski definition) is 2. The molecule has 0 unspecified atom stereocenters. The van der Waals surface area contributed by atoms with Gasteiger partial charge in [0.15, 0.2) is 5.82 Å². The number of aliphatic hydroxyl groups is 1. The summed E-state index contributed by atoms with van der Waals surface area (Å²) < 4.78 is 26.7. The third-order valence-corrected chi connectivity index (χ3v) is 2.50. The van der Waals surface area contributed by atoms with Crippen LogP contribution in [0.15, 0.2) is 12.1 Å². The van der Waals surface area contributed by atoms with Crippen molar-refractivity contribution in [1.29, 1.82) is 0 Å². The zero-order valence-electron chi connectivity index (χ0n) is 7.56. The Kier molecular flexibility index (Phi) is 4.40. The van der Waals surface area contributed by atoms with E-state index in [1.807, 2.05) is 0 Å². The predicted octanol–water partition coefficient (Wildman–Crippen LogP) is 1.29. The second kappa shape index (κ2) is 5.36. The minimum atomic E-state index is -0.914. The largest absolute Gasteiger partial charge is 0.395 e. The first-order valence-electron chi connectivity index (χ1n) is 4.10. The first-order chi connectivity index (χ1) is 7.07. The maximum Gasteiger partial charge on any atom is 0.257 e. The van der Waals surface area contributed by atoms with Crippen LogP contribution in [0.25, 0.3) is 0 Å². The summed E-state index contributed by atoms with van der Waals surface area (Å²) in [5, 5.41) is 10.6. The lowest BCUT2D eigenvalue weighted by atomic mass is 10.2. The van der Waals surface area contributed by atoms with Gasteiger partial charge in [-0.3, -0.25) is 4.79 Å². The molecule has 1 amide bonds. The van der Waals surface area contributed by atoms with E-state index in [0.717, 1.165) is 6.07 Å². The van der Waals surface area contributed by atoms with Gasteiger partial charge in [-0.2, -0.15) is 0 Å². The van der Waals surface area contributed by atoms with Crippen LogP contribution in [0.3, 0.4) is 0 Å². The van der Waals surface area contributed by atoms with Gasteiger partial charge in [-0.15, -0.1) is 0 Å². The summed E-state index contributed by atoms with van der Waals surface area (Å²) >= 11 is 1.67. The van der Waals surface area contributed by atoms with Crippen LogP contribution in [0.2, 0.25) is 0 Å². The Morgan fingerprint density at radius 3 is 2.73 bits per heavy atom. The fourth-order valence-corrected chi connectivity index (χ4v) is 1.44. The van der Waals surface area contributed by atoms with Crippen molar-refractivity contribution in [2.45, 2.75) is 0 Å². The summed E-state index contributed by atoms with van der Waals surface area (Å²) in [6.07, 6.45) is 0. The average molecular weight is 327 g/mol. The Labute approximate surface area is 98.6 Å². The molecule has 0 spiro atoms. The standard InChI is InChI=1S/C9H8F2INO2/c10-5-1-2-6(12)8(11)7(5)9(15)13-3-4-14/h1-2,14H,3-4H2,(H,13,15). The molecule has 1 aromatic rings. The minimum absolute atomic E-state index is 0.0385. The summed E-state index contributed by atoms with van der Waals surface area (Å²) in [7, 11) is 0. The minimum Gasteiger partial charge on any atom is -0.395 e. The van der Waals surface area contributed by atoms with Crippen LogP contribution in [-0.2, 0) is 0 Å². The van der Waals surface area contributed by atoms with E-state index in [1.54, 1.807) is 22.6 Å². The van der Waals surface area contributed by atoms with Gasteiger partial charge in [0.1, 0.15) is 11.4 Å². The summed E-state index contributed by atoms with van der Waals surface area (Å²) in [5.74, 6) is -2.66. The Balaban J connectivity index is 3.02. The molecule has 82 valence electrons. The van der Waals surface area contributed by atoms with Crippen LogP contribution in [0.1, 0.15) is 10.4 Å². The van der Waals surface area contributed by atoms with Crippen molar-refractivity contribution in [2.24, 2.45) is 0 Å². The molecule has 0 atom stereocenters. The summed E-state index contributed by atoms with van der Waals surface area (Å²) in [5.41, 5.74) is -0.615. The molecule has 0 aliphatic carbocycles. The van der Waals surface area contributed by atoms with E-state index in [1.165, 1.54) is 6.07 Å². The average Bonchev–Trinajstić information content (AvgIpc) is 2.21. The third kappa shape index (κ3) is 2.85. The first-order valence-corrected chi connectivity index (χ1v) is 5.18. The van der Waals surface area contributed by atoms with Crippen LogP contribution < -0.4 is 5.32 Å². The van der Waals surface area contributed by atoms with Gasteiger partial charge in [0.05, 0.1) is 6.61 Å². The lowest BCUT2D eigenvalue weighted by Gasteiger charge is -2.06. The molecule has 1 rings (SSSR count). The van der Waals surface area contributed by atoms with E-state index < -0.39 is 23.1 Å². The molecule has 0 saturated carbocycles. The number of hydrogen-bond acceptors (Lipinski definition) is 2. The Bertz CT molecular complexity index is 385. The molecule has 0 aliphatic rings. The van der Waals surface area contributed by atoms with Gasteiger partial charge >= 0.3 is 0 Å². The van der Waals surface area contributed by atoms with E-state index in [-0.39, 0.29) is 16.7 Å². The molecule has 0 aromatic heterocycles. The fraction of sp³-hybridized carbons (Fsp3) is 0.222. The highest BCUT2D eigenvalue weighted by molar-refractivity contribution is 14.1. The second-order valence-corrected chi connectivity index (χ2v) is 3.86. The number of carbonyl (C=O) groups is 1. The van der Waals surface area contributed by atoms with Crippen LogP contribution in [-0.4, -0.2) is 24.2 Å². The number of carbonyl (C=O) groups excluding carboxylic acids is 1. The number of nitrogens with one attached hydrogen (secondary N) is 1. The molecule has 0 radical (unpaired) electrons. The van der Waals surface area contributed by atoms with E-state index in [2.05, 4.69) is 5.32 Å². The van der Waals surface area contributed by atoms with Crippen molar-refractivity contribution in [3.05, 3.63) is 32.9 Å². The van der Waals surface area contributed by atoms with Crippen molar-refractivity contribution in [3.63, 3.8) is 0 Å². The quantitative estimate of drug-likeness (QED) is 0.649. The van der Waals surface area contributed by atoms with E-state index in [9.17, 15) is 13.6 Å². The highest BCUT2D eigenvalue weighted by Gasteiger charge is 2.18. The van der Waals surface area contributed by atoms with Gasteiger partial charge in [0.25, 0.3) is 5.91 Å². The SMILES string of the molecule is O=C(NCCO)c1c(F)ccc(I)c1F. The maximum atomic E-state index is 13.4. The molecule has 15 heavy (non-hydrogen) atoms. The molecule has 0 saturated heterocycles. The highest BCUT2D eigenvalue weighted by Crippen LogP contribution is 2.18. The predicted molar refractivity (Wildman–Crippen MR) is 58.5 cm³/mol. The van der Waals surface area contributed by atoms with E-state index >= 15 is 0 Å². The number of amides is 1. The summed E-state index contributed by atoms with van der Waals surface area (Å²) in [6, 6.07) is 2.27. The maximum absolute atomic E-state index is 13.4. The van der Waals surface area contributed by atoms with Crippen molar-refractivity contribution in [2.75, 3.05) is 13.2 Å². The Morgan fingerprint density at radius 2 is 2.13 bits per heavy atom. The molecule has 6 heteroatoms. The molecule has 0 heterocycles. The number of rotatable bonds is 3. The Morgan fingerprint density at radius 1 is 1.47 bits per heavy atom. The van der Waals surface area contributed by atoms with Crippen molar-refractivity contribution in [1.82, 2.24) is 5.32 Å². The van der Waals surface area contributed by atoms with E-state index in [4.69, 9.17) is 5.11 Å². The zero-order valence-corrected chi connectivity index (χ0v) is 9.72. The normalized spacial score (nSPS) is 10.1. The van der Waals surface area contributed by atoms with Gasteiger partial charge in [0.2, 0.25) is 0 Å². The van der Waals surface area contributed by atoms with Crippen LogP contribution in [0.5, 0.6) is 0 Å². The second-order valence-electron chi connectivity index (χ2n) is 2.70. The lowest BCUT2D eigenvalue weighted by molar-refractivity contribution is 0.0936. The van der Waals surface area contributed by atoms with Crippen LogP contribution >= 0.6 is 22.6 Å². The summed E-state index contributed by atoms with van der Waals surface area (Å²) in [4.78, 5) is 11.3. The highest BCUT2D eigenvalue weighted by atomic mass is 127. The van der Waals surface area contributed by atoms with Gasteiger partial charge in [-0.05, 0) is 34.7 Å². The number of aliphatic hydroxyl groups excluding tert-OH is 1. The molecule has 0 bridgehead atoms. The molecule has 2 N–H and O–H groups in total. The third-order valence-electron chi connectivity index (χ3n) is 1.67. The molecule has 0 aliphatic heterocycles. The van der Waals surface area contributed by atoms with Crippen molar-refractivity contribution >= 4 is 28.5 Å².